The van der Waals surface area contributed by atoms with Crippen LogP contribution >= 0.6 is 0 Å². The molecule has 1 aliphatic carbocycles. The Morgan fingerprint density at radius 3 is 2.33 bits per heavy atom. The number of ether oxygens (including phenoxy) is 2. The van der Waals surface area contributed by atoms with Crippen molar-refractivity contribution >= 4 is 5.91 Å². The van der Waals surface area contributed by atoms with Gasteiger partial charge in [-0.3, -0.25) is 9.69 Å². The molecule has 0 radical (unpaired) electrons. The number of rotatable bonds is 7. The largest absolute Gasteiger partial charge is 0.488 e. The zero-order valence-electron chi connectivity index (χ0n) is 16.7. The first-order valence-electron chi connectivity index (χ1n) is 10.3. The number of nitrogens with two attached hydrogens (primary N) is 1. The van der Waals surface area contributed by atoms with E-state index >= 15 is 0 Å². The fourth-order valence-corrected chi connectivity index (χ4v) is 4.53. The molecule has 7 heteroatoms. The summed E-state index contributed by atoms with van der Waals surface area (Å²) in [4.78, 5) is 13.2. The van der Waals surface area contributed by atoms with Crippen molar-refractivity contribution in [3.05, 3.63) is 59.9 Å². The van der Waals surface area contributed by atoms with Crippen LogP contribution in [-0.2, 0) is 11.3 Å². The van der Waals surface area contributed by atoms with E-state index in [9.17, 15) is 14.3 Å². The van der Waals surface area contributed by atoms with Crippen molar-refractivity contribution in [2.24, 2.45) is 17.6 Å². The maximum atomic E-state index is 13.1. The molecular weight excluding hydrogens is 387 g/mol. The van der Waals surface area contributed by atoms with Crippen LogP contribution in [0.3, 0.4) is 0 Å². The Balaban J connectivity index is 1.31. The van der Waals surface area contributed by atoms with E-state index in [0.29, 0.717) is 29.8 Å². The molecule has 2 aliphatic rings. The van der Waals surface area contributed by atoms with Gasteiger partial charge in [0.1, 0.15) is 23.4 Å². The van der Waals surface area contributed by atoms with E-state index in [2.05, 4.69) is 4.90 Å². The second kappa shape index (κ2) is 9.02. The fourth-order valence-electron chi connectivity index (χ4n) is 4.53. The Bertz CT molecular complexity index is 859. The van der Waals surface area contributed by atoms with Crippen LogP contribution < -0.4 is 15.2 Å². The lowest BCUT2D eigenvalue weighted by atomic mass is 9.78. The predicted octanol–water partition coefficient (Wildman–Crippen LogP) is 2.34. The van der Waals surface area contributed by atoms with E-state index in [1.807, 2.05) is 24.3 Å². The summed E-state index contributed by atoms with van der Waals surface area (Å²) < 4.78 is 24.3. The van der Waals surface area contributed by atoms with Gasteiger partial charge in [0.05, 0.1) is 6.10 Å². The number of carbonyl (C=O) groups is 1. The van der Waals surface area contributed by atoms with Gasteiger partial charge in [0.25, 0.3) is 5.91 Å². The Hall–Kier alpha value is -2.64. The zero-order valence-corrected chi connectivity index (χ0v) is 16.7. The Morgan fingerprint density at radius 2 is 1.67 bits per heavy atom. The third-order valence-corrected chi connectivity index (χ3v) is 5.97. The second-order valence-electron chi connectivity index (χ2n) is 8.26. The number of aliphatic hydroxyl groups is 1. The van der Waals surface area contributed by atoms with Gasteiger partial charge in [0.2, 0.25) is 0 Å². The molecule has 3 N–H and O–H groups in total. The van der Waals surface area contributed by atoms with E-state index in [0.717, 1.165) is 26.1 Å². The number of likely N-dealkylation sites (tertiary alicyclic amines) is 1. The predicted molar refractivity (Wildman–Crippen MR) is 109 cm³/mol. The first kappa shape index (κ1) is 20.6. The summed E-state index contributed by atoms with van der Waals surface area (Å²) in [7, 11) is 0. The summed E-state index contributed by atoms with van der Waals surface area (Å²) in [6.07, 6.45) is 0.725. The molecule has 0 unspecified atom stereocenters. The van der Waals surface area contributed by atoms with Crippen molar-refractivity contribution in [3.8, 4) is 11.5 Å². The molecule has 2 aromatic carbocycles. The minimum Gasteiger partial charge on any atom is -0.488 e. The number of nitrogens with zero attached hydrogens (tertiary/aromatic N) is 1. The van der Waals surface area contributed by atoms with Crippen LogP contribution in [0.2, 0.25) is 0 Å². The van der Waals surface area contributed by atoms with Gasteiger partial charge in [-0.05, 0) is 66.6 Å². The number of aliphatic hydroxyl groups excluding tert-OH is 1. The molecule has 2 fully saturated rings. The standard InChI is InChI=1S/C23H27FN2O4/c24-18-3-7-20(8-4-18)30-22-10-17-13-26(12-16(17)9-21(22)27)11-15-1-5-19(6-2-15)29-14-23(25)28/h1-8,16-17,21-22,27H,9-14H2,(H2,25,28)/t16-,17+,21+,22+/m0/s1. The van der Waals surface area contributed by atoms with E-state index in [4.69, 9.17) is 15.2 Å². The molecule has 6 nitrogen and oxygen atoms in total. The van der Waals surface area contributed by atoms with Gasteiger partial charge < -0.3 is 20.3 Å². The highest BCUT2D eigenvalue weighted by Crippen LogP contribution is 2.38. The SMILES string of the molecule is NC(=O)COc1ccc(CN2C[C@H]3C[C@@H](Oc4ccc(F)cc4)[C@H](O)C[C@H]3C2)cc1. The van der Waals surface area contributed by atoms with Crippen LogP contribution in [0.5, 0.6) is 11.5 Å². The summed E-state index contributed by atoms with van der Waals surface area (Å²) in [5.74, 6) is 1.33. The highest BCUT2D eigenvalue weighted by atomic mass is 19.1. The maximum Gasteiger partial charge on any atom is 0.255 e. The summed E-state index contributed by atoms with van der Waals surface area (Å²) in [5, 5.41) is 10.6. The first-order valence-corrected chi connectivity index (χ1v) is 10.3. The summed E-state index contributed by atoms with van der Waals surface area (Å²) in [6.45, 7) is 2.60. The number of primary amides is 1. The van der Waals surface area contributed by atoms with E-state index in [1.54, 1.807) is 12.1 Å². The molecule has 1 saturated heterocycles. The molecule has 2 aromatic rings. The molecule has 0 aromatic heterocycles. The smallest absolute Gasteiger partial charge is 0.255 e. The molecule has 0 spiro atoms. The highest BCUT2D eigenvalue weighted by molar-refractivity contribution is 5.75. The monoisotopic (exact) mass is 414 g/mol. The Labute approximate surface area is 175 Å². The number of hydrogen-bond donors (Lipinski definition) is 2. The zero-order chi connectivity index (χ0) is 21.1. The molecular formula is C23H27FN2O4. The number of carbonyl (C=O) groups excluding carboxylic acids is 1. The molecule has 4 rings (SSSR count). The van der Waals surface area contributed by atoms with Crippen LogP contribution in [0.15, 0.2) is 48.5 Å². The number of halogens is 1. The van der Waals surface area contributed by atoms with Gasteiger partial charge in [-0.1, -0.05) is 12.1 Å². The summed E-state index contributed by atoms with van der Waals surface area (Å²) in [6, 6.07) is 13.6. The van der Waals surface area contributed by atoms with Crippen LogP contribution in [0, 0.1) is 17.7 Å². The number of hydrogen-bond acceptors (Lipinski definition) is 5. The molecule has 1 aliphatic heterocycles. The number of amides is 1. The number of benzene rings is 2. The van der Waals surface area contributed by atoms with Crippen molar-refractivity contribution in [3.63, 3.8) is 0 Å². The Morgan fingerprint density at radius 1 is 1.03 bits per heavy atom. The fraction of sp³-hybridized carbons (Fsp3) is 0.435. The average Bonchev–Trinajstić information content (AvgIpc) is 3.10. The third kappa shape index (κ3) is 5.09. The quantitative estimate of drug-likeness (QED) is 0.727. The van der Waals surface area contributed by atoms with Crippen LogP contribution in [0.4, 0.5) is 4.39 Å². The molecule has 0 bridgehead atoms. The van der Waals surface area contributed by atoms with Crippen molar-refractivity contribution in [2.75, 3.05) is 19.7 Å². The van der Waals surface area contributed by atoms with Gasteiger partial charge in [-0.25, -0.2) is 4.39 Å². The van der Waals surface area contributed by atoms with Crippen molar-refractivity contribution in [2.45, 2.75) is 31.6 Å². The second-order valence-corrected chi connectivity index (χ2v) is 8.26. The lowest BCUT2D eigenvalue weighted by Gasteiger charge is -2.35. The minimum absolute atomic E-state index is 0.127. The lowest BCUT2D eigenvalue weighted by Crippen LogP contribution is -2.42. The van der Waals surface area contributed by atoms with Crippen LogP contribution in [0.25, 0.3) is 0 Å². The van der Waals surface area contributed by atoms with E-state index < -0.39 is 12.0 Å². The highest BCUT2D eigenvalue weighted by Gasteiger charge is 2.42. The van der Waals surface area contributed by atoms with Crippen LogP contribution in [0.1, 0.15) is 18.4 Å². The third-order valence-electron chi connectivity index (χ3n) is 5.97. The topological polar surface area (TPSA) is 85.0 Å². The molecule has 1 heterocycles. The van der Waals surface area contributed by atoms with Gasteiger partial charge in [0, 0.05) is 19.6 Å². The summed E-state index contributed by atoms with van der Waals surface area (Å²) in [5.41, 5.74) is 6.26. The first-order chi connectivity index (χ1) is 14.5. The van der Waals surface area contributed by atoms with Gasteiger partial charge >= 0.3 is 0 Å². The van der Waals surface area contributed by atoms with Crippen molar-refractivity contribution < 1.29 is 23.8 Å². The average molecular weight is 414 g/mol. The van der Waals surface area contributed by atoms with Crippen LogP contribution in [-0.4, -0.2) is 47.8 Å². The summed E-state index contributed by atoms with van der Waals surface area (Å²) >= 11 is 0. The Kier molecular flexibility index (Phi) is 6.20. The van der Waals surface area contributed by atoms with Crippen molar-refractivity contribution in [1.29, 1.82) is 0 Å². The molecule has 1 amide bonds. The lowest BCUT2D eigenvalue weighted by molar-refractivity contribution is -0.119. The molecule has 4 atom stereocenters. The minimum atomic E-state index is -0.516. The molecule has 30 heavy (non-hydrogen) atoms. The van der Waals surface area contributed by atoms with Gasteiger partial charge in [-0.2, -0.15) is 0 Å². The number of fused-ring (bicyclic) bond motifs is 1. The van der Waals surface area contributed by atoms with E-state index in [-0.39, 0.29) is 18.5 Å². The van der Waals surface area contributed by atoms with Gasteiger partial charge in [-0.15, -0.1) is 0 Å². The van der Waals surface area contributed by atoms with E-state index in [1.165, 1.54) is 17.7 Å². The van der Waals surface area contributed by atoms with Crippen molar-refractivity contribution in [1.82, 2.24) is 4.90 Å². The maximum absolute atomic E-state index is 13.1. The van der Waals surface area contributed by atoms with Gasteiger partial charge in [0.15, 0.2) is 6.61 Å². The molecule has 1 saturated carbocycles. The normalized spacial score (nSPS) is 26.2. The molecule has 160 valence electrons.